The Morgan fingerprint density at radius 1 is 1.09 bits per heavy atom. The first kappa shape index (κ1) is 23.9. The van der Waals surface area contributed by atoms with Crippen LogP contribution in [0.2, 0.25) is 0 Å². The molecule has 1 fully saturated rings. The van der Waals surface area contributed by atoms with Gasteiger partial charge in [-0.2, -0.15) is 4.31 Å². The van der Waals surface area contributed by atoms with Crippen LogP contribution in [0.1, 0.15) is 25.0 Å². The van der Waals surface area contributed by atoms with Crippen LogP contribution in [0.5, 0.6) is 0 Å². The van der Waals surface area contributed by atoms with Crippen molar-refractivity contribution in [2.24, 2.45) is 0 Å². The maximum Gasteiger partial charge on any atom is 0.316 e. The molecule has 0 aliphatic carbocycles. The highest BCUT2D eigenvalue weighted by atomic mass is 32.2. The summed E-state index contributed by atoms with van der Waals surface area (Å²) in [5.74, 6) is -1.08. The highest BCUT2D eigenvalue weighted by Gasteiger charge is 2.32. The van der Waals surface area contributed by atoms with Gasteiger partial charge in [-0.25, -0.2) is 8.42 Å². The minimum Gasteiger partial charge on any atom is -0.455 e. The Morgan fingerprint density at radius 2 is 1.75 bits per heavy atom. The molecule has 0 bridgehead atoms. The van der Waals surface area contributed by atoms with Crippen molar-refractivity contribution in [1.82, 2.24) is 4.31 Å². The molecule has 8 nitrogen and oxygen atoms in total. The number of morpholine rings is 1. The van der Waals surface area contributed by atoms with Crippen LogP contribution < -0.4 is 5.32 Å². The molecule has 1 N–H and O–H groups in total. The highest BCUT2D eigenvalue weighted by Crippen LogP contribution is 2.26. The topological polar surface area (TPSA) is 102 Å². The molecule has 1 saturated heterocycles. The van der Waals surface area contributed by atoms with E-state index >= 15 is 0 Å². The molecule has 1 aliphatic heterocycles. The Labute approximate surface area is 188 Å². The maximum absolute atomic E-state index is 13.0. The summed E-state index contributed by atoms with van der Waals surface area (Å²) in [6.45, 7) is 5.94. The number of carbonyl (C=O) groups is 2. The fraction of sp³-hybridized carbons (Fsp3) is 0.391. The van der Waals surface area contributed by atoms with Crippen molar-refractivity contribution < 1.29 is 27.5 Å². The molecule has 0 saturated carbocycles. The lowest BCUT2D eigenvalue weighted by Gasteiger charge is -2.27. The van der Waals surface area contributed by atoms with E-state index < -0.39 is 33.9 Å². The quantitative estimate of drug-likeness (QED) is 0.637. The van der Waals surface area contributed by atoms with E-state index in [0.29, 0.717) is 24.5 Å². The number of nitrogens with one attached hydrogen (secondary N) is 1. The molecule has 1 heterocycles. The summed E-state index contributed by atoms with van der Waals surface area (Å²) in [5, 5.41) is 2.61. The molecule has 32 heavy (non-hydrogen) atoms. The number of hydrogen-bond donors (Lipinski definition) is 1. The second kappa shape index (κ2) is 9.81. The monoisotopic (exact) mass is 460 g/mol. The van der Waals surface area contributed by atoms with Gasteiger partial charge >= 0.3 is 5.97 Å². The van der Waals surface area contributed by atoms with Gasteiger partial charge in [-0.05, 0) is 44.0 Å². The number of hydrogen-bond acceptors (Lipinski definition) is 6. The number of sulfonamides is 1. The van der Waals surface area contributed by atoms with Gasteiger partial charge in [-0.15, -0.1) is 0 Å². The van der Waals surface area contributed by atoms with Gasteiger partial charge in [-0.3, -0.25) is 9.59 Å². The maximum atomic E-state index is 13.0. The van der Waals surface area contributed by atoms with E-state index in [9.17, 15) is 18.0 Å². The van der Waals surface area contributed by atoms with Crippen molar-refractivity contribution in [3.8, 4) is 0 Å². The third-order valence-electron chi connectivity index (χ3n) is 5.40. The third kappa shape index (κ3) is 5.35. The van der Waals surface area contributed by atoms with Gasteiger partial charge in [-0.1, -0.05) is 36.4 Å². The number of benzene rings is 2. The van der Waals surface area contributed by atoms with E-state index in [1.807, 2.05) is 30.3 Å². The number of carbonyl (C=O) groups excluding carboxylic acids is 2. The Kier molecular flexibility index (Phi) is 7.33. The van der Waals surface area contributed by atoms with Gasteiger partial charge in [0.15, 0.2) is 6.61 Å². The van der Waals surface area contributed by atoms with Crippen molar-refractivity contribution in [3.63, 3.8) is 0 Å². The largest absolute Gasteiger partial charge is 0.455 e. The summed E-state index contributed by atoms with van der Waals surface area (Å²) >= 11 is 0. The van der Waals surface area contributed by atoms with Gasteiger partial charge in [0, 0.05) is 18.8 Å². The molecule has 1 aliphatic rings. The van der Waals surface area contributed by atoms with Crippen LogP contribution in [-0.2, 0) is 34.5 Å². The van der Waals surface area contributed by atoms with Crippen LogP contribution >= 0.6 is 0 Å². The number of amides is 1. The Bertz CT molecular complexity index is 1080. The Morgan fingerprint density at radius 3 is 2.41 bits per heavy atom. The zero-order valence-electron chi connectivity index (χ0n) is 18.5. The van der Waals surface area contributed by atoms with E-state index in [4.69, 9.17) is 9.47 Å². The van der Waals surface area contributed by atoms with Crippen molar-refractivity contribution in [3.05, 3.63) is 59.7 Å². The summed E-state index contributed by atoms with van der Waals surface area (Å²) in [6.07, 6.45) is 0. The number of rotatable bonds is 7. The van der Waals surface area contributed by atoms with E-state index in [-0.39, 0.29) is 18.0 Å². The lowest BCUT2D eigenvalue weighted by Crippen LogP contribution is -2.40. The fourth-order valence-corrected chi connectivity index (χ4v) is 5.02. The number of aryl methyl sites for hydroxylation is 1. The minimum absolute atomic E-state index is 0.124. The van der Waals surface area contributed by atoms with E-state index in [2.05, 4.69) is 5.32 Å². The van der Waals surface area contributed by atoms with E-state index in [1.54, 1.807) is 32.9 Å². The first-order valence-corrected chi connectivity index (χ1v) is 11.8. The molecule has 0 radical (unpaired) electrons. The van der Waals surface area contributed by atoms with Gasteiger partial charge in [0.1, 0.15) is 0 Å². The van der Waals surface area contributed by atoms with Crippen LogP contribution in [0.3, 0.4) is 0 Å². The van der Waals surface area contributed by atoms with Gasteiger partial charge < -0.3 is 14.8 Å². The molecule has 3 rings (SSSR count). The Balaban J connectivity index is 1.65. The van der Waals surface area contributed by atoms with Crippen LogP contribution in [0.4, 0.5) is 5.69 Å². The average Bonchev–Trinajstić information content (AvgIpc) is 2.79. The predicted octanol–water partition coefficient (Wildman–Crippen LogP) is 2.48. The summed E-state index contributed by atoms with van der Waals surface area (Å²) < 4.78 is 37.8. The number of nitrogens with zero attached hydrogens (tertiary/aromatic N) is 1. The summed E-state index contributed by atoms with van der Waals surface area (Å²) in [6, 6.07) is 13.8. The van der Waals surface area contributed by atoms with Crippen molar-refractivity contribution in [2.75, 3.05) is 38.2 Å². The first-order valence-electron chi connectivity index (χ1n) is 10.3. The molecule has 0 aromatic heterocycles. The number of anilines is 1. The molecule has 9 heteroatoms. The van der Waals surface area contributed by atoms with Crippen LogP contribution in [0, 0.1) is 6.92 Å². The first-order chi connectivity index (χ1) is 15.1. The normalized spacial score (nSPS) is 15.2. The third-order valence-corrected chi connectivity index (χ3v) is 7.44. The van der Waals surface area contributed by atoms with Crippen LogP contribution in [0.25, 0.3) is 0 Å². The van der Waals surface area contributed by atoms with Gasteiger partial charge in [0.25, 0.3) is 5.91 Å². The molecule has 2 aromatic rings. The molecule has 1 amide bonds. The molecule has 0 unspecified atom stereocenters. The van der Waals surface area contributed by atoms with Crippen LogP contribution in [-0.4, -0.2) is 57.5 Å². The summed E-state index contributed by atoms with van der Waals surface area (Å²) in [7, 11) is -3.71. The lowest BCUT2D eigenvalue weighted by atomic mass is 9.85. The highest BCUT2D eigenvalue weighted by molar-refractivity contribution is 7.89. The smallest absolute Gasteiger partial charge is 0.316 e. The molecule has 2 aromatic carbocycles. The van der Waals surface area contributed by atoms with E-state index in [0.717, 1.165) is 5.56 Å². The average molecular weight is 461 g/mol. The number of ether oxygens (including phenoxy) is 2. The zero-order valence-corrected chi connectivity index (χ0v) is 19.3. The van der Waals surface area contributed by atoms with E-state index in [1.165, 1.54) is 10.4 Å². The second-order valence-corrected chi connectivity index (χ2v) is 10.0. The van der Waals surface area contributed by atoms with Crippen molar-refractivity contribution in [1.29, 1.82) is 0 Å². The Hall–Kier alpha value is -2.75. The number of esters is 1. The molecule has 0 spiro atoms. The van der Waals surface area contributed by atoms with Crippen LogP contribution in [0.15, 0.2) is 53.4 Å². The van der Waals surface area contributed by atoms with Crippen molar-refractivity contribution >= 4 is 27.6 Å². The standard InChI is InChI=1S/C23H28N2O6S/c1-17-9-10-19(15-20(17)32(28,29)25-11-13-30-14-12-25)24-21(26)16-31-22(27)23(2,3)18-7-5-4-6-8-18/h4-10,15H,11-14,16H2,1-3H3,(H,24,26). The predicted molar refractivity (Wildman–Crippen MR) is 120 cm³/mol. The van der Waals surface area contributed by atoms with Gasteiger partial charge in [0.2, 0.25) is 10.0 Å². The minimum atomic E-state index is -3.71. The molecular formula is C23H28N2O6S. The molecule has 172 valence electrons. The SMILES string of the molecule is Cc1ccc(NC(=O)COC(=O)C(C)(C)c2ccccc2)cc1S(=O)(=O)N1CCOCC1. The van der Waals surface area contributed by atoms with Gasteiger partial charge in [0.05, 0.1) is 23.5 Å². The molecular weight excluding hydrogens is 432 g/mol. The summed E-state index contributed by atoms with van der Waals surface area (Å²) in [5.41, 5.74) is 0.753. The fourth-order valence-electron chi connectivity index (χ4n) is 3.36. The lowest BCUT2D eigenvalue weighted by molar-refractivity contribution is -0.152. The molecule has 0 atom stereocenters. The van der Waals surface area contributed by atoms with Crippen molar-refractivity contribution in [2.45, 2.75) is 31.1 Å². The summed E-state index contributed by atoms with van der Waals surface area (Å²) in [4.78, 5) is 25.0. The zero-order chi connectivity index (χ0) is 23.4. The second-order valence-electron chi connectivity index (χ2n) is 8.11.